The lowest BCUT2D eigenvalue weighted by atomic mass is 9.74. The lowest BCUT2D eigenvalue weighted by Crippen LogP contribution is -2.31. The highest BCUT2D eigenvalue weighted by Gasteiger charge is 2.32. The van der Waals surface area contributed by atoms with E-state index in [9.17, 15) is 0 Å². The van der Waals surface area contributed by atoms with Crippen LogP contribution in [0.5, 0.6) is 0 Å². The molecule has 4 heteroatoms. The van der Waals surface area contributed by atoms with E-state index >= 15 is 0 Å². The summed E-state index contributed by atoms with van der Waals surface area (Å²) in [7, 11) is 0. The van der Waals surface area contributed by atoms with Crippen LogP contribution in [0.25, 0.3) is 0 Å². The number of fused-ring (bicyclic) bond motifs is 1. The first-order valence-electron chi connectivity index (χ1n) is 7.19. The molecule has 106 valence electrons. The van der Waals surface area contributed by atoms with Crippen LogP contribution in [0, 0.1) is 5.41 Å². The number of nitrogens with zero attached hydrogens (tertiary/aromatic N) is 2. The van der Waals surface area contributed by atoms with Crippen molar-refractivity contribution in [3.05, 3.63) is 23.3 Å². The summed E-state index contributed by atoms with van der Waals surface area (Å²) < 4.78 is 5.69. The smallest absolute Gasteiger partial charge is 0.157 e. The first-order chi connectivity index (χ1) is 8.96. The molecule has 0 amide bonds. The van der Waals surface area contributed by atoms with Gasteiger partial charge in [-0.05, 0) is 31.6 Å². The van der Waals surface area contributed by atoms with Gasteiger partial charge in [0.2, 0.25) is 0 Å². The highest BCUT2D eigenvalue weighted by molar-refractivity contribution is 5.26. The number of nitrogens with two attached hydrogens (primary N) is 1. The molecular weight excluding hydrogens is 238 g/mol. The van der Waals surface area contributed by atoms with Crippen molar-refractivity contribution < 1.29 is 4.74 Å². The van der Waals surface area contributed by atoms with Crippen molar-refractivity contribution in [2.75, 3.05) is 6.61 Å². The number of rotatable bonds is 4. The fourth-order valence-corrected chi connectivity index (χ4v) is 2.86. The fourth-order valence-electron chi connectivity index (χ4n) is 2.86. The molecule has 1 aromatic heterocycles. The Morgan fingerprint density at radius 1 is 1.47 bits per heavy atom. The minimum absolute atomic E-state index is 0.00318. The molecule has 2 unspecified atom stereocenters. The van der Waals surface area contributed by atoms with E-state index in [4.69, 9.17) is 15.5 Å². The van der Waals surface area contributed by atoms with Crippen LogP contribution in [0.4, 0.5) is 0 Å². The SMILES string of the molecule is CCOC(CC)c1ncc2c(n1)CC(C)(C)CC2N. The van der Waals surface area contributed by atoms with E-state index in [2.05, 4.69) is 25.8 Å². The normalized spacial score (nSPS) is 22.9. The summed E-state index contributed by atoms with van der Waals surface area (Å²) in [6, 6.07) is 0.0555. The van der Waals surface area contributed by atoms with Crippen LogP contribution in [-0.2, 0) is 11.2 Å². The molecule has 0 saturated heterocycles. The lowest BCUT2D eigenvalue weighted by Gasteiger charge is -2.34. The molecule has 1 heterocycles. The first kappa shape index (κ1) is 14.4. The van der Waals surface area contributed by atoms with Gasteiger partial charge < -0.3 is 10.5 Å². The molecule has 0 aromatic carbocycles. The average molecular weight is 263 g/mol. The van der Waals surface area contributed by atoms with Crippen molar-refractivity contribution in [3.63, 3.8) is 0 Å². The largest absolute Gasteiger partial charge is 0.371 e. The number of hydrogen-bond donors (Lipinski definition) is 1. The second-order valence-corrected chi connectivity index (χ2v) is 6.13. The standard InChI is InChI=1S/C15H25N3O/c1-5-13(19-6-2)14-17-9-10-11(16)7-15(3,4)8-12(10)18-14/h9,11,13H,5-8,16H2,1-4H3. The predicted molar refractivity (Wildman–Crippen MR) is 75.7 cm³/mol. The van der Waals surface area contributed by atoms with Crippen LogP contribution in [0.1, 0.15) is 69.8 Å². The molecule has 0 fully saturated rings. The minimum atomic E-state index is -0.00318. The Morgan fingerprint density at radius 3 is 2.84 bits per heavy atom. The zero-order valence-corrected chi connectivity index (χ0v) is 12.4. The number of hydrogen-bond acceptors (Lipinski definition) is 4. The van der Waals surface area contributed by atoms with Gasteiger partial charge in [0.15, 0.2) is 5.82 Å². The fraction of sp³-hybridized carbons (Fsp3) is 0.733. The minimum Gasteiger partial charge on any atom is -0.371 e. The van der Waals surface area contributed by atoms with Crippen molar-refractivity contribution in [1.29, 1.82) is 0 Å². The highest BCUT2D eigenvalue weighted by Crippen LogP contribution is 2.38. The molecule has 1 aromatic rings. The molecule has 0 aliphatic heterocycles. The maximum Gasteiger partial charge on any atom is 0.157 e. The Hall–Kier alpha value is -1.00. The Kier molecular flexibility index (Phi) is 4.21. The Labute approximate surface area is 115 Å². The maximum atomic E-state index is 6.23. The van der Waals surface area contributed by atoms with Crippen molar-refractivity contribution in [2.45, 2.75) is 59.1 Å². The molecule has 19 heavy (non-hydrogen) atoms. The van der Waals surface area contributed by atoms with Crippen molar-refractivity contribution in [3.8, 4) is 0 Å². The summed E-state index contributed by atoms with van der Waals surface area (Å²) in [4.78, 5) is 9.20. The zero-order valence-electron chi connectivity index (χ0n) is 12.4. The van der Waals surface area contributed by atoms with Crippen molar-refractivity contribution >= 4 is 0 Å². The summed E-state index contributed by atoms with van der Waals surface area (Å²) in [6.45, 7) is 9.28. The van der Waals surface area contributed by atoms with E-state index in [1.165, 1.54) is 0 Å². The molecule has 1 aliphatic rings. The number of ether oxygens (including phenoxy) is 1. The molecule has 0 spiro atoms. The van der Waals surface area contributed by atoms with Gasteiger partial charge in [0.25, 0.3) is 0 Å². The second-order valence-electron chi connectivity index (χ2n) is 6.13. The monoisotopic (exact) mass is 263 g/mol. The topological polar surface area (TPSA) is 61.0 Å². The zero-order chi connectivity index (χ0) is 14.0. The van der Waals surface area contributed by atoms with Crippen LogP contribution >= 0.6 is 0 Å². The van der Waals surface area contributed by atoms with Crippen molar-refractivity contribution in [2.24, 2.45) is 11.1 Å². The number of aromatic nitrogens is 2. The third-order valence-electron chi connectivity index (χ3n) is 3.76. The summed E-state index contributed by atoms with van der Waals surface area (Å²) in [5, 5.41) is 0. The Bertz CT molecular complexity index is 445. The van der Waals surface area contributed by atoms with Gasteiger partial charge in [-0.15, -0.1) is 0 Å². The van der Waals surface area contributed by atoms with Crippen LogP contribution < -0.4 is 5.73 Å². The Morgan fingerprint density at radius 2 is 2.21 bits per heavy atom. The third-order valence-corrected chi connectivity index (χ3v) is 3.76. The van der Waals surface area contributed by atoms with E-state index in [-0.39, 0.29) is 17.6 Å². The van der Waals surface area contributed by atoms with Crippen LogP contribution in [-0.4, -0.2) is 16.6 Å². The molecule has 2 atom stereocenters. The Balaban J connectivity index is 2.32. The first-order valence-corrected chi connectivity index (χ1v) is 7.19. The van der Waals surface area contributed by atoms with E-state index in [0.717, 1.165) is 36.3 Å². The highest BCUT2D eigenvalue weighted by atomic mass is 16.5. The second kappa shape index (κ2) is 5.55. The summed E-state index contributed by atoms with van der Waals surface area (Å²) in [6.07, 6.45) is 4.75. The van der Waals surface area contributed by atoms with E-state index < -0.39 is 0 Å². The van der Waals surface area contributed by atoms with Gasteiger partial charge in [-0.1, -0.05) is 20.8 Å². The van der Waals surface area contributed by atoms with Crippen LogP contribution in [0.2, 0.25) is 0 Å². The molecule has 2 rings (SSSR count). The van der Waals surface area contributed by atoms with Crippen LogP contribution in [0.15, 0.2) is 6.20 Å². The summed E-state index contributed by atoms with van der Waals surface area (Å²) in [5.74, 6) is 0.799. The average Bonchev–Trinajstić information content (AvgIpc) is 2.33. The van der Waals surface area contributed by atoms with Gasteiger partial charge in [0.05, 0.1) is 0 Å². The molecule has 0 radical (unpaired) electrons. The molecule has 4 nitrogen and oxygen atoms in total. The molecule has 0 bridgehead atoms. The van der Waals surface area contributed by atoms with Gasteiger partial charge >= 0.3 is 0 Å². The van der Waals surface area contributed by atoms with Gasteiger partial charge in [-0.25, -0.2) is 9.97 Å². The van der Waals surface area contributed by atoms with Gasteiger partial charge in [-0.3, -0.25) is 0 Å². The van der Waals surface area contributed by atoms with Gasteiger partial charge in [0, 0.05) is 30.1 Å². The van der Waals surface area contributed by atoms with Gasteiger partial charge in [0.1, 0.15) is 6.10 Å². The predicted octanol–water partition coefficient (Wildman–Crippen LogP) is 2.94. The molecular formula is C15H25N3O. The third kappa shape index (κ3) is 3.12. The quantitative estimate of drug-likeness (QED) is 0.907. The van der Waals surface area contributed by atoms with E-state index in [1.54, 1.807) is 0 Å². The van der Waals surface area contributed by atoms with Crippen LogP contribution in [0.3, 0.4) is 0 Å². The molecule has 2 N–H and O–H groups in total. The summed E-state index contributed by atoms with van der Waals surface area (Å²) in [5.41, 5.74) is 8.65. The van der Waals surface area contributed by atoms with E-state index in [0.29, 0.717) is 6.61 Å². The molecule has 1 aliphatic carbocycles. The van der Waals surface area contributed by atoms with Crippen molar-refractivity contribution in [1.82, 2.24) is 9.97 Å². The van der Waals surface area contributed by atoms with Gasteiger partial charge in [-0.2, -0.15) is 0 Å². The molecule has 0 saturated carbocycles. The summed E-state index contributed by atoms with van der Waals surface area (Å²) >= 11 is 0. The van der Waals surface area contributed by atoms with E-state index in [1.807, 2.05) is 13.1 Å². The maximum absolute atomic E-state index is 6.23. The lowest BCUT2D eigenvalue weighted by molar-refractivity contribution is 0.0530.